The Labute approximate surface area is 95.6 Å². The van der Waals surface area contributed by atoms with Gasteiger partial charge in [0, 0.05) is 26.1 Å². The average Bonchev–Trinajstić information content (AvgIpc) is 2.26. The molecule has 1 aromatic rings. The molecule has 16 heavy (non-hydrogen) atoms. The minimum Gasteiger partial charge on any atom is -0.508 e. The lowest BCUT2D eigenvalue weighted by Gasteiger charge is -2.47. The van der Waals surface area contributed by atoms with Crippen molar-refractivity contribution in [2.75, 3.05) is 19.6 Å². The van der Waals surface area contributed by atoms with Crippen LogP contribution in [0.25, 0.3) is 0 Å². The molecule has 3 fully saturated rings. The zero-order valence-electron chi connectivity index (χ0n) is 9.30. The maximum absolute atomic E-state index is 9.37. The van der Waals surface area contributed by atoms with Gasteiger partial charge < -0.3 is 9.84 Å². The standard InChI is InChI=1S/C13H17NO2/c15-11-3-1-2-10(6-11)4-5-14-8-12-7-13(9-14)16-12/h1-3,6,12-13,15H,4-5,7-9H2. The molecule has 1 aromatic carbocycles. The Morgan fingerprint density at radius 3 is 2.75 bits per heavy atom. The van der Waals surface area contributed by atoms with E-state index in [1.807, 2.05) is 12.1 Å². The van der Waals surface area contributed by atoms with Crippen molar-refractivity contribution in [3.63, 3.8) is 0 Å². The Hall–Kier alpha value is -1.06. The molecule has 3 heteroatoms. The van der Waals surface area contributed by atoms with Crippen LogP contribution in [0.3, 0.4) is 0 Å². The van der Waals surface area contributed by atoms with Crippen LogP contribution in [0, 0.1) is 0 Å². The van der Waals surface area contributed by atoms with Gasteiger partial charge in [0.1, 0.15) is 5.75 Å². The highest BCUT2D eigenvalue weighted by atomic mass is 16.5. The Bertz CT molecular complexity index is 364. The molecule has 2 bridgehead atoms. The Kier molecular flexibility index (Phi) is 2.58. The van der Waals surface area contributed by atoms with Gasteiger partial charge in [0.15, 0.2) is 0 Å². The summed E-state index contributed by atoms with van der Waals surface area (Å²) >= 11 is 0. The summed E-state index contributed by atoms with van der Waals surface area (Å²) in [7, 11) is 0. The number of fused-ring (bicyclic) bond motifs is 2. The predicted molar refractivity (Wildman–Crippen MR) is 61.5 cm³/mol. The van der Waals surface area contributed by atoms with E-state index in [4.69, 9.17) is 4.74 Å². The first-order valence-corrected chi connectivity index (χ1v) is 5.95. The van der Waals surface area contributed by atoms with E-state index < -0.39 is 0 Å². The van der Waals surface area contributed by atoms with Gasteiger partial charge in [0.05, 0.1) is 12.2 Å². The summed E-state index contributed by atoms with van der Waals surface area (Å²) in [5, 5.41) is 9.37. The summed E-state index contributed by atoms with van der Waals surface area (Å²) in [4.78, 5) is 2.46. The van der Waals surface area contributed by atoms with Gasteiger partial charge in [-0.2, -0.15) is 0 Å². The summed E-state index contributed by atoms with van der Waals surface area (Å²) in [6.45, 7) is 3.23. The molecule has 1 N–H and O–H groups in total. The molecule has 4 rings (SSSR count). The smallest absolute Gasteiger partial charge is 0.115 e. The number of aromatic hydroxyl groups is 1. The van der Waals surface area contributed by atoms with Crippen molar-refractivity contribution in [3.05, 3.63) is 29.8 Å². The second-order valence-corrected chi connectivity index (χ2v) is 4.80. The van der Waals surface area contributed by atoms with Crippen molar-refractivity contribution >= 4 is 0 Å². The van der Waals surface area contributed by atoms with E-state index >= 15 is 0 Å². The van der Waals surface area contributed by atoms with E-state index in [2.05, 4.69) is 11.0 Å². The van der Waals surface area contributed by atoms with Crippen LogP contribution in [0.4, 0.5) is 0 Å². The third kappa shape index (κ3) is 2.06. The van der Waals surface area contributed by atoms with E-state index in [0.717, 1.165) is 26.1 Å². The van der Waals surface area contributed by atoms with E-state index in [1.54, 1.807) is 6.07 Å². The van der Waals surface area contributed by atoms with Gasteiger partial charge in [-0.25, -0.2) is 0 Å². The van der Waals surface area contributed by atoms with Crippen molar-refractivity contribution in [2.24, 2.45) is 0 Å². The summed E-state index contributed by atoms with van der Waals surface area (Å²) in [6.07, 6.45) is 3.24. The lowest BCUT2D eigenvalue weighted by molar-refractivity contribution is -0.180. The lowest BCUT2D eigenvalue weighted by atomic mass is 9.98. The summed E-state index contributed by atoms with van der Waals surface area (Å²) in [5.41, 5.74) is 1.21. The zero-order valence-corrected chi connectivity index (χ0v) is 9.30. The van der Waals surface area contributed by atoms with Gasteiger partial charge in [0.2, 0.25) is 0 Å². The minimum atomic E-state index is 0.363. The molecule has 2 atom stereocenters. The SMILES string of the molecule is Oc1cccc(CCN2CC3CC(C2)O3)c1. The molecule has 0 amide bonds. The van der Waals surface area contributed by atoms with Gasteiger partial charge in [-0.3, -0.25) is 4.90 Å². The van der Waals surface area contributed by atoms with E-state index in [9.17, 15) is 5.11 Å². The number of hydrogen-bond acceptors (Lipinski definition) is 3. The fourth-order valence-corrected chi connectivity index (χ4v) is 2.62. The molecule has 86 valence electrons. The molecule has 2 unspecified atom stereocenters. The first-order chi connectivity index (χ1) is 7.79. The maximum atomic E-state index is 9.37. The predicted octanol–water partition coefficient (Wildman–Crippen LogP) is 1.41. The highest BCUT2D eigenvalue weighted by molar-refractivity contribution is 5.27. The third-order valence-corrected chi connectivity index (χ3v) is 3.46. The molecule has 0 saturated carbocycles. The van der Waals surface area contributed by atoms with Crippen molar-refractivity contribution in [3.8, 4) is 5.75 Å². The molecular weight excluding hydrogens is 202 g/mol. The van der Waals surface area contributed by atoms with Crippen molar-refractivity contribution < 1.29 is 9.84 Å². The lowest BCUT2D eigenvalue weighted by Crippen LogP contribution is -2.57. The molecule has 3 heterocycles. The Balaban J connectivity index is 1.52. The van der Waals surface area contributed by atoms with Crippen LogP contribution >= 0.6 is 0 Å². The van der Waals surface area contributed by atoms with Crippen LogP contribution < -0.4 is 0 Å². The number of phenolic OH excluding ortho intramolecular Hbond substituents is 1. The van der Waals surface area contributed by atoms with Crippen LogP contribution in [-0.2, 0) is 11.2 Å². The van der Waals surface area contributed by atoms with Crippen molar-refractivity contribution in [2.45, 2.75) is 25.0 Å². The van der Waals surface area contributed by atoms with Crippen LogP contribution in [0.1, 0.15) is 12.0 Å². The number of morpholine rings is 1. The number of ether oxygens (including phenoxy) is 1. The molecule has 3 saturated heterocycles. The van der Waals surface area contributed by atoms with E-state index in [0.29, 0.717) is 18.0 Å². The average molecular weight is 219 g/mol. The Morgan fingerprint density at radius 1 is 1.31 bits per heavy atom. The molecule has 0 radical (unpaired) electrons. The monoisotopic (exact) mass is 219 g/mol. The molecule has 3 aliphatic heterocycles. The minimum absolute atomic E-state index is 0.363. The van der Waals surface area contributed by atoms with Crippen LogP contribution in [0.5, 0.6) is 5.75 Å². The third-order valence-electron chi connectivity index (χ3n) is 3.46. The first kappa shape index (κ1) is 10.1. The van der Waals surface area contributed by atoms with Crippen LogP contribution in [-0.4, -0.2) is 41.8 Å². The second kappa shape index (κ2) is 4.07. The quantitative estimate of drug-likeness (QED) is 0.834. The first-order valence-electron chi connectivity index (χ1n) is 5.95. The van der Waals surface area contributed by atoms with Gasteiger partial charge in [-0.05, 0) is 24.1 Å². The summed E-state index contributed by atoms with van der Waals surface area (Å²) in [5.74, 6) is 0.363. The van der Waals surface area contributed by atoms with Crippen LogP contribution in [0.2, 0.25) is 0 Å². The normalized spacial score (nSPS) is 28.8. The number of rotatable bonds is 3. The maximum Gasteiger partial charge on any atom is 0.115 e. The molecule has 0 aromatic heterocycles. The number of hydrogen-bond donors (Lipinski definition) is 1. The van der Waals surface area contributed by atoms with Crippen LogP contribution in [0.15, 0.2) is 24.3 Å². The number of nitrogens with zero attached hydrogens (tertiary/aromatic N) is 1. The Morgan fingerprint density at radius 2 is 2.06 bits per heavy atom. The van der Waals surface area contributed by atoms with Gasteiger partial charge in [-0.1, -0.05) is 12.1 Å². The second-order valence-electron chi connectivity index (χ2n) is 4.80. The fraction of sp³-hybridized carbons (Fsp3) is 0.538. The van der Waals surface area contributed by atoms with E-state index in [1.165, 1.54) is 12.0 Å². The molecule has 0 spiro atoms. The van der Waals surface area contributed by atoms with Gasteiger partial charge in [-0.15, -0.1) is 0 Å². The van der Waals surface area contributed by atoms with E-state index in [-0.39, 0.29) is 0 Å². The topological polar surface area (TPSA) is 32.7 Å². The molecule has 3 aliphatic rings. The number of piperidine rings is 1. The van der Waals surface area contributed by atoms with Gasteiger partial charge in [0.25, 0.3) is 0 Å². The number of phenols is 1. The summed E-state index contributed by atoms with van der Waals surface area (Å²) < 4.78 is 5.59. The highest BCUT2D eigenvalue weighted by Gasteiger charge is 2.37. The molecule has 3 nitrogen and oxygen atoms in total. The molecular formula is C13H17NO2. The fourth-order valence-electron chi connectivity index (χ4n) is 2.62. The summed E-state index contributed by atoms with van der Waals surface area (Å²) in [6, 6.07) is 7.54. The van der Waals surface area contributed by atoms with Crippen molar-refractivity contribution in [1.82, 2.24) is 4.90 Å². The van der Waals surface area contributed by atoms with Gasteiger partial charge >= 0.3 is 0 Å². The highest BCUT2D eigenvalue weighted by Crippen LogP contribution is 2.27. The zero-order chi connectivity index (χ0) is 11.0. The largest absolute Gasteiger partial charge is 0.508 e. The van der Waals surface area contributed by atoms with Crippen molar-refractivity contribution in [1.29, 1.82) is 0 Å². The molecule has 0 aliphatic carbocycles. The number of benzene rings is 1.